The minimum absolute atomic E-state index is 0.0957. The van der Waals surface area contributed by atoms with E-state index >= 15 is 0 Å². The van der Waals surface area contributed by atoms with Gasteiger partial charge in [0.1, 0.15) is 12.4 Å². The lowest BCUT2D eigenvalue weighted by molar-refractivity contribution is -0.0440. The Bertz CT molecular complexity index is 1040. The summed E-state index contributed by atoms with van der Waals surface area (Å²) in [5, 5.41) is 2.82. The van der Waals surface area contributed by atoms with Gasteiger partial charge in [-0.2, -0.15) is 4.31 Å². The standard InChI is InChI=1S/C25H35N3O5S/c1-5-27(6-2)14-15-32-23-12-10-22(11-13-23)26-25(29)21-8-7-9-24(16-21)34(30,31)28-17-19(3)33-20(4)18-28/h7-13,16,19-20H,5-6,14-15,17-18H2,1-4H3,(H,26,29). The molecule has 3 rings (SSSR count). The van der Waals surface area contributed by atoms with Crippen LogP contribution in [0, 0.1) is 0 Å². The summed E-state index contributed by atoms with van der Waals surface area (Å²) >= 11 is 0. The fourth-order valence-electron chi connectivity index (χ4n) is 3.94. The van der Waals surface area contributed by atoms with Crippen LogP contribution >= 0.6 is 0 Å². The number of rotatable bonds is 10. The predicted molar refractivity (Wildman–Crippen MR) is 133 cm³/mol. The van der Waals surface area contributed by atoms with Crippen molar-refractivity contribution in [2.75, 3.05) is 44.6 Å². The topological polar surface area (TPSA) is 88.2 Å². The van der Waals surface area contributed by atoms with Gasteiger partial charge >= 0.3 is 0 Å². The van der Waals surface area contributed by atoms with Crippen molar-refractivity contribution in [1.29, 1.82) is 0 Å². The van der Waals surface area contributed by atoms with Crippen LogP contribution in [0.15, 0.2) is 53.4 Å². The number of benzene rings is 2. The molecule has 0 radical (unpaired) electrons. The Balaban J connectivity index is 1.63. The molecule has 1 heterocycles. The third-order valence-corrected chi connectivity index (χ3v) is 7.63. The number of hydrogen-bond donors (Lipinski definition) is 1. The highest BCUT2D eigenvalue weighted by atomic mass is 32.2. The van der Waals surface area contributed by atoms with Gasteiger partial charge in [0.25, 0.3) is 5.91 Å². The number of likely N-dealkylation sites (N-methyl/N-ethyl adjacent to an activating group) is 1. The summed E-state index contributed by atoms with van der Waals surface area (Å²) in [6, 6.07) is 13.3. The summed E-state index contributed by atoms with van der Waals surface area (Å²) in [4.78, 5) is 15.2. The SMILES string of the molecule is CCN(CC)CCOc1ccc(NC(=O)c2cccc(S(=O)(=O)N3CC(C)OC(C)C3)c2)cc1. The smallest absolute Gasteiger partial charge is 0.255 e. The van der Waals surface area contributed by atoms with Crippen molar-refractivity contribution in [2.24, 2.45) is 0 Å². The molecular formula is C25H35N3O5S. The molecule has 0 saturated carbocycles. The zero-order valence-electron chi connectivity index (χ0n) is 20.4. The molecule has 2 atom stereocenters. The first-order valence-electron chi connectivity index (χ1n) is 11.7. The van der Waals surface area contributed by atoms with E-state index in [9.17, 15) is 13.2 Å². The van der Waals surface area contributed by atoms with E-state index in [1.54, 1.807) is 36.4 Å². The van der Waals surface area contributed by atoms with Crippen LogP contribution in [0.2, 0.25) is 0 Å². The molecular weight excluding hydrogens is 454 g/mol. The second-order valence-corrected chi connectivity index (χ2v) is 10.4. The number of sulfonamides is 1. The molecule has 0 aliphatic carbocycles. The lowest BCUT2D eigenvalue weighted by atomic mass is 10.2. The summed E-state index contributed by atoms with van der Waals surface area (Å²) < 4.78 is 39.1. The van der Waals surface area contributed by atoms with Gasteiger partial charge < -0.3 is 19.7 Å². The van der Waals surface area contributed by atoms with Crippen LogP contribution in [-0.4, -0.2) is 75.1 Å². The van der Waals surface area contributed by atoms with Crippen LogP contribution in [0.5, 0.6) is 5.75 Å². The minimum Gasteiger partial charge on any atom is -0.492 e. The van der Waals surface area contributed by atoms with E-state index < -0.39 is 10.0 Å². The monoisotopic (exact) mass is 489 g/mol. The molecule has 1 fully saturated rings. The maximum atomic E-state index is 13.1. The summed E-state index contributed by atoms with van der Waals surface area (Å²) in [7, 11) is -3.73. The molecule has 0 bridgehead atoms. The van der Waals surface area contributed by atoms with Crippen LogP contribution in [0.4, 0.5) is 5.69 Å². The molecule has 1 aliphatic heterocycles. The Morgan fingerprint density at radius 3 is 2.35 bits per heavy atom. The molecule has 2 aromatic rings. The zero-order chi connectivity index (χ0) is 24.7. The number of nitrogens with one attached hydrogen (secondary N) is 1. The van der Waals surface area contributed by atoms with Gasteiger partial charge in [0.2, 0.25) is 10.0 Å². The Morgan fingerprint density at radius 2 is 1.74 bits per heavy atom. The quantitative estimate of drug-likeness (QED) is 0.550. The van der Waals surface area contributed by atoms with E-state index in [1.165, 1.54) is 16.4 Å². The average molecular weight is 490 g/mol. The van der Waals surface area contributed by atoms with Gasteiger partial charge in [-0.15, -0.1) is 0 Å². The number of nitrogens with zero attached hydrogens (tertiary/aromatic N) is 2. The first-order valence-corrected chi connectivity index (χ1v) is 13.2. The van der Waals surface area contributed by atoms with Crippen LogP contribution in [0.25, 0.3) is 0 Å². The molecule has 0 spiro atoms. The van der Waals surface area contributed by atoms with E-state index in [-0.39, 0.29) is 41.7 Å². The number of anilines is 1. The number of carbonyl (C=O) groups excluding carboxylic acids is 1. The Kier molecular flexibility index (Phi) is 9.07. The van der Waals surface area contributed by atoms with Crippen molar-refractivity contribution in [1.82, 2.24) is 9.21 Å². The molecule has 1 saturated heterocycles. The van der Waals surface area contributed by atoms with Gasteiger partial charge in [-0.25, -0.2) is 8.42 Å². The van der Waals surface area contributed by atoms with Crippen molar-refractivity contribution >= 4 is 21.6 Å². The Morgan fingerprint density at radius 1 is 1.09 bits per heavy atom. The summed E-state index contributed by atoms with van der Waals surface area (Å²) in [5.41, 5.74) is 0.875. The molecule has 8 nitrogen and oxygen atoms in total. The highest BCUT2D eigenvalue weighted by molar-refractivity contribution is 7.89. The molecule has 34 heavy (non-hydrogen) atoms. The largest absolute Gasteiger partial charge is 0.492 e. The van der Waals surface area contributed by atoms with E-state index in [1.807, 2.05) is 13.8 Å². The van der Waals surface area contributed by atoms with E-state index in [0.717, 1.165) is 25.4 Å². The van der Waals surface area contributed by atoms with E-state index in [0.29, 0.717) is 12.3 Å². The maximum Gasteiger partial charge on any atom is 0.255 e. The maximum absolute atomic E-state index is 13.1. The molecule has 1 aliphatic rings. The Hall–Kier alpha value is -2.46. The van der Waals surface area contributed by atoms with E-state index in [2.05, 4.69) is 24.1 Å². The van der Waals surface area contributed by atoms with Crippen molar-refractivity contribution < 1.29 is 22.7 Å². The number of carbonyl (C=O) groups is 1. The predicted octanol–water partition coefficient (Wildman–Crippen LogP) is 3.46. The first-order chi connectivity index (χ1) is 16.2. The van der Waals surface area contributed by atoms with Gasteiger partial charge in [0.05, 0.1) is 17.1 Å². The molecule has 9 heteroatoms. The molecule has 1 N–H and O–H groups in total. The van der Waals surface area contributed by atoms with Gasteiger partial charge in [-0.1, -0.05) is 19.9 Å². The van der Waals surface area contributed by atoms with Crippen LogP contribution in [0.1, 0.15) is 38.1 Å². The lowest BCUT2D eigenvalue weighted by Gasteiger charge is -2.34. The third kappa shape index (κ3) is 6.79. The highest BCUT2D eigenvalue weighted by Gasteiger charge is 2.32. The van der Waals surface area contributed by atoms with Gasteiger partial charge in [-0.3, -0.25) is 4.79 Å². The third-order valence-electron chi connectivity index (χ3n) is 5.80. The second kappa shape index (κ2) is 11.8. The minimum atomic E-state index is -3.73. The Labute approximate surface area is 202 Å². The average Bonchev–Trinajstić information content (AvgIpc) is 2.82. The van der Waals surface area contributed by atoms with Crippen molar-refractivity contribution in [3.8, 4) is 5.75 Å². The number of hydrogen-bond acceptors (Lipinski definition) is 6. The molecule has 0 aromatic heterocycles. The number of amides is 1. The van der Waals surface area contributed by atoms with Crippen LogP contribution < -0.4 is 10.1 Å². The van der Waals surface area contributed by atoms with Crippen molar-refractivity contribution in [2.45, 2.75) is 44.8 Å². The first kappa shape index (κ1) is 26.2. The fraction of sp³-hybridized carbons (Fsp3) is 0.480. The summed E-state index contributed by atoms with van der Waals surface area (Å²) in [6.45, 7) is 11.9. The molecule has 186 valence electrons. The van der Waals surface area contributed by atoms with Gasteiger partial charge in [-0.05, 0) is 69.4 Å². The van der Waals surface area contributed by atoms with Crippen molar-refractivity contribution in [3.63, 3.8) is 0 Å². The summed E-state index contributed by atoms with van der Waals surface area (Å²) in [6.07, 6.45) is -0.372. The van der Waals surface area contributed by atoms with E-state index in [4.69, 9.17) is 9.47 Å². The normalized spacial score (nSPS) is 19.2. The van der Waals surface area contributed by atoms with Crippen molar-refractivity contribution in [3.05, 3.63) is 54.1 Å². The van der Waals surface area contributed by atoms with Gasteiger partial charge in [0, 0.05) is 30.9 Å². The zero-order valence-corrected chi connectivity index (χ0v) is 21.2. The van der Waals surface area contributed by atoms with Crippen LogP contribution in [-0.2, 0) is 14.8 Å². The summed E-state index contributed by atoms with van der Waals surface area (Å²) in [5.74, 6) is 0.350. The number of morpholine rings is 1. The molecule has 2 unspecified atom stereocenters. The molecule has 2 aromatic carbocycles. The second-order valence-electron chi connectivity index (χ2n) is 8.46. The lowest BCUT2D eigenvalue weighted by Crippen LogP contribution is -2.48. The molecule has 1 amide bonds. The fourth-order valence-corrected chi connectivity index (χ4v) is 5.58. The highest BCUT2D eigenvalue weighted by Crippen LogP contribution is 2.23. The van der Waals surface area contributed by atoms with Gasteiger partial charge in [0.15, 0.2) is 0 Å². The number of ether oxygens (including phenoxy) is 2. The van der Waals surface area contributed by atoms with Crippen LogP contribution in [0.3, 0.4) is 0 Å².